The number of Topliss-reactive ketones (excluding diaryl/α,β-unsaturated/α-hetero) is 1. The lowest BCUT2D eigenvalue weighted by molar-refractivity contribution is -0.124. The van der Waals surface area contributed by atoms with E-state index in [-0.39, 0.29) is 11.0 Å². The summed E-state index contributed by atoms with van der Waals surface area (Å²) in [6, 6.07) is 6.81. The van der Waals surface area contributed by atoms with Crippen molar-refractivity contribution in [2.75, 3.05) is 0 Å². The van der Waals surface area contributed by atoms with Crippen LogP contribution in [0.1, 0.15) is 103 Å². The van der Waals surface area contributed by atoms with Crippen LogP contribution in [0.2, 0.25) is 0 Å². The van der Waals surface area contributed by atoms with Gasteiger partial charge in [0, 0.05) is 24.7 Å². The summed E-state index contributed by atoms with van der Waals surface area (Å²) in [5.74, 6) is 2.21. The molecule has 1 aliphatic carbocycles. The molecule has 3 rings (SSSR count). The predicted molar refractivity (Wildman–Crippen MR) is 108 cm³/mol. The highest BCUT2D eigenvalue weighted by Gasteiger charge is 2.46. The second-order valence-corrected chi connectivity index (χ2v) is 9.65. The highest BCUT2D eigenvalue weighted by Crippen LogP contribution is 2.51. The van der Waals surface area contributed by atoms with Gasteiger partial charge in [0.25, 0.3) is 0 Å². The minimum absolute atomic E-state index is 0.162. The molecule has 0 amide bonds. The van der Waals surface area contributed by atoms with Gasteiger partial charge in [0.15, 0.2) is 0 Å². The van der Waals surface area contributed by atoms with Gasteiger partial charge in [0.1, 0.15) is 17.1 Å². The van der Waals surface area contributed by atoms with Crippen LogP contribution in [0.3, 0.4) is 0 Å². The van der Waals surface area contributed by atoms with E-state index in [9.17, 15) is 4.79 Å². The molecule has 144 valence electrons. The van der Waals surface area contributed by atoms with Crippen molar-refractivity contribution in [2.45, 2.75) is 103 Å². The lowest BCUT2D eigenvalue weighted by Gasteiger charge is -2.47. The van der Waals surface area contributed by atoms with E-state index in [0.717, 1.165) is 12.2 Å². The molecule has 1 saturated carbocycles. The number of ether oxygens (including phenoxy) is 1. The maximum Gasteiger partial charge on any atom is 0.133 e. The quantitative estimate of drug-likeness (QED) is 0.540. The second-order valence-electron chi connectivity index (χ2n) is 9.65. The van der Waals surface area contributed by atoms with Crippen LogP contribution in [-0.2, 0) is 10.2 Å². The van der Waals surface area contributed by atoms with E-state index in [1.807, 2.05) is 0 Å². The van der Waals surface area contributed by atoms with Crippen LogP contribution in [0, 0.1) is 5.92 Å². The van der Waals surface area contributed by atoms with Crippen molar-refractivity contribution in [1.82, 2.24) is 0 Å². The highest BCUT2D eigenvalue weighted by atomic mass is 16.5. The lowest BCUT2D eigenvalue weighted by atomic mass is 9.66. The van der Waals surface area contributed by atoms with E-state index in [1.165, 1.54) is 43.2 Å². The van der Waals surface area contributed by atoms with Crippen LogP contribution in [0.25, 0.3) is 0 Å². The van der Waals surface area contributed by atoms with Gasteiger partial charge in [-0.2, -0.15) is 0 Å². The zero-order valence-electron chi connectivity index (χ0n) is 17.4. The summed E-state index contributed by atoms with van der Waals surface area (Å²) in [6.45, 7) is 11.4. The van der Waals surface area contributed by atoms with Crippen LogP contribution < -0.4 is 4.74 Å². The third-order valence-electron chi connectivity index (χ3n) is 6.78. The number of fused-ring (bicyclic) bond motifs is 3. The fourth-order valence-corrected chi connectivity index (χ4v) is 5.01. The van der Waals surface area contributed by atoms with Gasteiger partial charge in [-0.25, -0.2) is 0 Å². The van der Waals surface area contributed by atoms with Gasteiger partial charge in [0.05, 0.1) is 0 Å². The molecule has 0 saturated heterocycles. The van der Waals surface area contributed by atoms with Gasteiger partial charge >= 0.3 is 0 Å². The summed E-state index contributed by atoms with van der Waals surface area (Å²) in [6.07, 6.45) is 8.78. The van der Waals surface area contributed by atoms with Gasteiger partial charge in [-0.3, -0.25) is 4.79 Å². The molecular formula is C24H36O2. The van der Waals surface area contributed by atoms with Gasteiger partial charge in [-0.15, -0.1) is 0 Å². The van der Waals surface area contributed by atoms with Crippen molar-refractivity contribution in [3.8, 4) is 5.75 Å². The van der Waals surface area contributed by atoms with E-state index in [0.29, 0.717) is 30.5 Å². The van der Waals surface area contributed by atoms with Crippen LogP contribution in [-0.4, -0.2) is 11.4 Å². The van der Waals surface area contributed by atoms with Crippen LogP contribution >= 0.6 is 0 Å². The number of unbranched alkanes of at least 4 members (excludes halogenated alkanes) is 3. The Hall–Kier alpha value is -1.31. The maximum atomic E-state index is 12.1. The van der Waals surface area contributed by atoms with E-state index < -0.39 is 0 Å². The first-order valence-electron chi connectivity index (χ1n) is 10.6. The van der Waals surface area contributed by atoms with Crippen molar-refractivity contribution >= 4 is 5.78 Å². The average Bonchev–Trinajstić information content (AvgIpc) is 2.57. The summed E-state index contributed by atoms with van der Waals surface area (Å²) in [5.41, 5.74) is 2.59. The predicted octanol–water partition coefficient (Wildman–Crippen LogP) is 6.56. The van der Waals surface area contributed by atoms with Crippen LogP contribution in [0.15, 0.2) is 18.2 Å². The number of ketones is 1. The van der Waals surface area contributed by atoms with Crippen molar-refractivity contribution in [1.29, 1.82) is 0 Å². The normalized spacial score (nSPS) is 24.6. The van der Waals surface area contributed by atoms with Gasteiger partial charge < -0.3 is 4.74 Å². The topological polar surface area (TPSA) is 26.3 Å². The lowest BCUT2D eigenvalue weighted by Crippen LogP contribution is -2.47. The number of benzene rings is 1. The summed E-state index contributed by atoms with van der Waals surface area (Å²) in [5, 5.41) is 0. The van der Waals surface area contributed by atoms with E-state index in [4.69, 9.17) is 4.74 Å². The number of carbonyl (C=O) groups is 1. The monoisotopic (exact) mass is 356 g/mol. The summed E-state index contributed by atoms with van der Waals surface area (Å²) in [7, 11) is 0. The Morgan fingerprint density at radius 3 is 2.69 bits per heavy atom. The molecule has 0 bridgehead atoms. The number of carbonyl (C=O) groups excluding carboxylic acids is 1. The fourth-order valence-electron chi connectivity index (χ4n) is 5.01. The molecule has 1 aromatic rings. The average molecular weight is 357 g/mol. The van der Waals surface area contributed by atoms with Crippen LogP contribution in [0.5, 0.6) is 5.75 Å². The molecule has 1 fully saturated rings. The second kappa shape index (κ2) is 7.37. The van der Waals surface area contributed by atoms with E-state index >= 15 is 0 Å². The number of hydrogen-bond acceptors (Lipinski definition) is 2. The molecule has 2 aliphatic rings. The molecule has 2 heteroatoms. The fraction of sp³-hybridized carbons (Fsp3) is 0.708. The molecule has 1 heterocycles. The molecule has 2 nitrogen and oxygen atoms in total. The molecule has 1 aromatic carbocycles. The molecule has 0 unspecified atom stereocenters. The van der Waals surface area contributed by atoms with Crippen molar-refractivity contribution in [3.63, 3.8) is 0 Å². The van der Waals surface area contributed by atoms with Gasteiger partial charge in [-0.05, 0) is 49.3 Å². The standard InChI is InChI=1S/C24H36O2/c1-6-7-8-9-14-23(2,3)17-10-12-19-20-16-18(25)11-13-21(20)24(4,5)26-22(19)15-17/h10,12,15,20-21H,6-9,11,13-14,16H2,1-5H3/t20-,21-/m0/s1. The Kier molecular flexibility index (Phi) is 5.51. The SMILES string of the molecule is CCCCCCC(C)(C)c1ccc2c(c1)OC(C)(C)[C@H]1CCC(=O)C[C@@H]21. The Morgan fingerprint density at radius 2 is 1.96 bits per heavy atom. The molecular weight excluding hydrogens is 320 g/mol. The number of hydrogen-bond donors (Lipinski definition) is 0. The van der Waals surface area contributed by atoms with Crippen molar-refractivity contribution < 1.29 is 9.53 Å². The first-order valence-corrected chi connectivity index (χ1v) is 10.6. The Balaban J connectivity index is 1.85. The van der Waals surface area contributed by atoms with Crippen molar-refractivity contribution in [2.24, 2.45) is 5.92 Å². The molecule has 26 heavy (non-hydrogen) atoms. The molecule has 0 aromatic heterocycles. The minimum atomic E-state index is -0.192. The van der Waals surface area contributed by atoms with Gasteiger partial charge in [-0.1, -0.05) is 58.6 Å². The Labute approximate surface area is 159 Å². The maximum absolute atomic E-state index is 12.1. The summed E-state index contributed by atoms with van der Waals surface area (Å²) >= 11 is 0. The smallest absolute Gasteiger partial charge is 0.133 e. The summed E-state index contributed by atoms with van der Waals surface area (Å²) < 4.78 is 6.49. The third kappa shape index (κ3) is 3.85. The molecule has 2 atom stereocenters. The first kappa shape index (κ1) is 19.5. The largest absolute Gasteiger partial charge is 0.487 e. The Morgan fingerprint density at radius 1 is 1.19 bits per heavy atom. The zero-order chi connectivity index (χ0) is 18.9. The van der Waals surface area contributed by atoms with Crippen LogP contribution in [0.4, 0.5) is 0 Å². The molecule has 1 aliphatic heterocycles. The van der Waals surface area contributed by atoms with Gasteiger partial charge in [0.2, 0.25) is 0 Å². The number of rotatable bonds is 6. The zero-order valence-corrected chi connectivity index (χ0v) is 17.4. The van der Waals surface area contributed by atoms with E-state index in [2.05, 4.69) is 52.8 Å². The molecule has 0 N–H and O–H groups in total. The minimum Gasteiger partial charge on any atom is -0.487 e. The van der Waals surface area contributed by atoms with Crippen molar-refractivity contribution in [3.05, 3.63) is 29.3 Å². The molecule has 0 radical (unpaired) electrons. The Bertz CT molecular complexity index is 656. The molecule has 0 spiro atoms. The van der Waals surface area contributed by atoms with E-state index in [1.54, 1.807) is 0 Å². The summed E-state index contributed by atoms with van der Waals surface area (Å²) in [4.78, 5) is 12.1. The third-order valence-corrected chi connectivity index (χ3v) is 6.78. The highest BCUT2D eigenvalue weighted by molar-refractivity contribution is 5.80. The first-order chi connectivity index (χ1) is 12.2.